The Morgan fingerprint density at radius 3 is 2.58 bits per heavy atom. The molecule has 2 amide bonds. The van der Waals surface area contributed by atoms with E-state index < -0.39 is 10.4 Å². The minimum atomic E-state index is -1.13. The molecule has 4 aliphatic rings. The van der Waals surface area contributed by atoms with Gasteiger partial charge < -0.3 is 9.47 Å². The first-order valence-corrected chi connectivity index (χ1v) is 11.3. The van der Waals surface area contributed by atoms with Crippen LogP contribution in [0.1, 0.15) is 37.5 Å². The van der Waals surface area contributed by atoms with Gasteiger partial charge >= 0.3 is 0 Å². The van der Waals surface area contributed by atoms with Crippen LogP contribution in [0.5, 0.6) is 11.5 Å². The molecule has 0 N–H and O–H groups in total. The number of carbonyl (C=O) groups is 2. The number of aryl methyl sites for hydroxylation is 1. The van der Waals surface area contributed by atoms with E-state index in [1.807, 2.05) is 31.7 Å². The molecule has 4 heterocycles. The zero-order valence-electron chi connectivity index (χ0n) is 17.8. The van der Waals surface area contributed by atoms with Gasteiger partial charge in [-0.25, -0.2) is 0 Å². The average Bonchev–Trinajstić information content (AvgIpc) is 3.37. The van der Waals surface area contributed by atoms with E-state index in [0.29, 0.717) is 17.2 Å². The molecule has 4 aliphatic heterocycles. The van der Waals surface area contributed by atoms with Crippen LogP contribution in [0, 0.1) is 6.92 Å². The average molecular weight is 435 g/mol. The summed E-state index contributed by atoms with van der Waals surface area (Å²) in [6.45, 7) is 8.38. The first-order chi connectivity index (χ1) is 14.7. The fraction of sp³-hybridized carbons (Fsp3) is 0.333. The molecule has 0 aromatic heterocycles. The maximum absolute atomic E-state index is 14.2. The SMILES string of the molecule is CC1=CC(C)(C)N2C(=O)C3(SCC(=O)N3c3ccc4c(c3)OCO4)c3cc(C)cc1c32. The molecule has 158 valence electrons. The molecule has 7 heteroatoms. The van der Waals surface area contributed by atoms with E-state index in [4.69, 9.17) is 9.47 Å². The van der Waals surface area contributed by atoms with Gasteiger partial charge in [-0.2, -0.15) is 0 Å². The fourth-order valence-electron chi connectivity index (χ4n) is 5.35. The summed E-state index contributed by atoms with van der Waals surface area (Å²) in [7, 11) is 0. The molecule has 31 heavy (non-hydrogen) atoms. The van der Waals surface area contributed by atoms with Crippen molar-refractivity contribution in [3.63, 3.8) is 0 Å². The lowest BCUT2D eigenvalue weighted by Gasteiger charge is -2.40. The van der Waals surface area contributed by atoms with Crippen LogP contribution in [-0.4, -0.2) is 29.9 Å². The fourth-order valence-corrected chi connectivity index (χ4v) is 6.67. The molecule has 2 aromatic rings. The monoisotopic (exact) mass is 434 g/mol. The summed E-state index contributed by atoms with van der Waals surface area (Å²) < 4.78 is 11.0. The molecule has 6 nitrogen and oxygen atoms in total. The minimum Gasteiger partial charge on any atom is -0.454 e. The molecule has 0 aliphatic carbocycles. The molecule has 2 aromatic carbocycles. The van der Waals surface area contributed by atoms with E-state index in [1.165, 1.54) is 11.8 Å². The Balaban J connectivity index is 1.62. The lowest BCUT2D eigenvalue weighted by atomic mass is 9.88. The predicted octanol–water partition coefficient (Wildman–Crippen LogP) is 4.20. The van der Waals surface area contributed by atoms with Crippen molar-refractivity contribution in [3.8, 4) is 11.5 Å². The molecule has 0 bridgehead atoms. The van der Waals surface area contributed by atoms with Crippen LogP contribution in [-0.2, 0) is 14.5 Å². The summed E-state index contributed by atoms with van der Waals surface area (Å²) >= 11 is 1.40. The number of hydrogen-bond donors (Lipinski definition) is 0. The number of ether oxygens (including phenoxy) is 2. The lowest BCUT2D eigenvalue weighted by molar-refractivity contribution is -0.124. The van der Waals surface area contributed by atoms with Crippen LogP contribution in [0.15, 0.2) is 36.4 Å². The van der Waals surface area contributed by atoms with Crippen molar-refractivity contribution >= 4 is 40.5 Å². The summed E-state index contributed by atoms with van der Waals surface area (Å²) in [5.74, 6) is 1.32. The van der Waals surface area contributed by atoms with E-state index in [2.05, 4.69) is 25.1 Å². The van der Waals surface area contributed by atoms with E-state index >= 15 is 0 Å². The standard InChI is InChI=1S/C24H22N2O4S/c1-13-7-16-14(2)10-23(3,4)26-21(16)17(8-13)24(22(26)28)25(20(27)11-31-24)15-5-6-18-19(9-15)30-12-29-18/h5-10H,11-12H2,1-4H3. The topological polar surface area (TPSA) is 59.1 Å². The van der Waals surface area contributed by atoms with Crippen LogP contribution < -0.4 is 19.3 Å². The molecule has 0 radical (unpaired) electrons. The van der Waals surface area contributed by atoms with Gasteiger partial charge in [0.25, 0.3) is 5.91 Å². The zero-order chi connectivity index (χ0) is 21.7. The maximum atomic E-state index is 14.2. The Kier molecular flexibility index (Phi) is 3.55. The molecular weight excluding hydrogens is 412 g/mol. The highest BCUT2D eigenvalue weighted by Crippen LogP contribution is 2.60. The second-order valence-electron chi connectivity index (χ2n) is 9.03. The second kappa shape index (κ2) is 5.85. The first-order valence-electron chi connectivity index (χ1n) is 10.3. The second-order valence-corrected chi connectivity index (χ2v) is 10.2. The summed E-state index contributed by atoms with van der Waals surface area (Å²) in [6, 6.07) is 9.63. The zero-order valence-corrected chi connectivity index (χ0v) is 18.6. The molecule has 1 unspecified atom stereocenters. The smallest absolute Gasteiger partial charge is 0.269 e. The number of rotatable bonds is 1. The highest BCUT2D eigenvalue weighted by molar-refractivity contribution is 8.02. The number of allylic oxidation sites excluding steroid dienone is 1. The third kappa shape index (κ3) is 2.24. The van der Waals surface area contributed by atoms with Gasteiger partial charge in [-0.3, -0.25) is 19.4 Å². The highest BCUT2D eigenvalue weighted by Gasteiger charge is 2.64. The molecule has 1 fully saturated rings. The van der Waals surface area contributed by atoms with Gasteiger partial charge in [0.15, 0.2) is 11.5 Å². The van der Waals surface area contributed by atoms with E-state index in [-0.39, 0.29) is 24.4 Å². The van der Waals surface area contributed by atoms with E-state index in [1.54, 1.807) is 17.0 Å². The van der Waals surface area contributed by atoms with Gasteiger partial charge in [0.1, 0.15) is 0 Å². The molecule has 1 spiro atoms. The van der Waals surface area contributed by atoms with E-state index in [9.17, 15) is 9.59 Å². The molecule has 1 atom stereocenters. The molecule has 1 saturated heterocycles. The summed E-state index contributed by atoms with van der Waals surface area (Å²) in [4.78, 5) is 29.9. The quantitative estimate of drug-likeness (QED) is 0.673. The number of amides is 2. The van der Waals surface area contributed by atoms with Crippen molar-refractivity contribution < 1.29 is 19.1 Å². The lowest BCUT2D eigenvalue weighted by Crippen LogP contribution is -2.54. The number of anilines is 2. The normalized spacial score (nSPS) is 24.8. The number of nitrogens with zero attached hydrogens (tertiary/aromatic N) is 2. The van der Waals surface area contributed by atoms with Gasteiger partial charge in [-0.15, -0.1) is 11.8 Å². The van der Waals surface area contributed by atoms with Gasteiger partial charge in [-0.05, 0) is 57.0 Å². The number of fused-ring (bicyclic) bond motifs is 2. The van der Waals surface area contributed by atoms with Gasteiger partial charge in [0.2, 0.25) is 17.6 Å². The molecular formula is C24H22N2O4S. The predicted molar refractivity (Wildman–Crippen MR) is 121 cm³/mol. The Hall–Kier alpha value is -2.93. The maximum Gasteiger partial charge on any atom is 0.269 e. The highest BCUT2D eigenvalue weighted by atomic mass is 32.2. The van der Waals surface area contributed by atoms with Crippen molar-refractivity contribution in [2.24, 2.45) is 0 Å². The van der Waals surface area contributed by atoms with Crippen LogP contribution in [0.2, 0.25) is 0 Å². The summed E-state index contributed by atoms with van der Waals surface area (Å²) in [5, 5.41) is 0. The van der Waals surface area contributed by atoms with Crippen LogP contribution in [0.25, 0.3) is 5.57 Å². The minimum absolute atomic E-state index is 0.0726. The van der Waals surface area contributed by atoms with Gasteiger partial charge in [0.05, 0.1) is 17.0 Å². The van der Waals surface area contributed by atoms with Gasteiger partial charge in [-0.1, -0.05) is 12.1 Å². The first kappa shape index (κ1) is 18.8. The van der Waals surface area contributed by atoms with Crippen molar-refractivity contribution in [2.45, 2.75) is 38.1 Å². The van der Waals surface area contributed by atoms with Crippen LogP contribution in [0.4, 0.5) is 11.4 Å². The summed E-state index contributed by atoms with van der Waals surface area (Å²) in [5.41, 5.74) is 5.25. The van der Waals surface area contributed by atoms with Crippen molar-refractivity contribution in [1.29, 1.82) is 0 Å². The molecule has 6 rings (SSSR count). The third-order valence-electron chi connectivity index (χ3n) is 6.49. The van der Waals surface area contributed by atoms with Crippen molar-refractivity contribution in [1.82, 2.24) is 0 Å². The Morgan fingerprint density at radius 1 is 1.00 bits per heavy atom. The Labute approximate surface area is 184 Å². The van der Waals surface area contributed by atoms with Crippen molar-refractivity contribution in [3.05, 3.63) is 53.1 Å². The van der Waals surface area contributed by atoms with Crippen LogP contribution >= 0.6 is 11.8 Å². The largest absolute Gasteiger partial charge is 0.454 e. The Morgan fingerprint density at radius 2 is 1.77 bits per heavy atom. The third-order valence-corrected chi connectivity index (χ3v) is 7.88. The number of carbonyl (C=O) groups excluding carboxylic acids is 2. The number of thioether (sulfide) groups is 1. The Bertz CT molecular complexity index is 1230. The van der Waals surface area contributed by atoms with E-state index in [0.717, 1.165) is 28.0 Å². The van der Waals surface area contributed by atoms with Crippen molar-refractivity contribution in [2.75, 3.05) is 22.3 Å². The van der Waals surface area contributed by atoms with Gasteiger partial charge in [0, 0.05) is 22.9 Å². The number of benzene rings is 2. The molecule has 0 saturated carbocycles. The van der Waals surface area contributed by atoms with Crippen LogP contribution in [0.3, 0.4) is 0 Å². The number of hydrogen-bond acceptors (Lipinski definition) is 5. The summed E-state index contributed by atoms with van der Waals surface area (Å²) in [6.07, 6.45) is 2.14.